The first-order chi connectivity index (χ1) is 19.3. The lowest BCUT2D eigenvalue weighted by Gasteiger charge is -2.43. The summed E-state index contributed by atoms with van der Waals surface area (Å²) in [5.74, 6) is -0.0282. The lowest BCUT2D eigenvalue weighted by Crippen LogP contribution is -2.52. The molecule has 3 aliphatic heterocycles. The van der Waals surface area contributed by atoms with Crippen molar-refractivity contribution < 1.29 is 14.0 Å². The number of amides is 2. The summed E-state index contributed by atoms with van der Waals surface area (Å²) in [5, 5.41) is 5.50. The molecule has 1 unspecified atom stereocenters. The van der Waals surface area contributed by atoms with Crippen molar-refractivity contribution in [3.8, 4) is 0 Å². The number of nitrogens with one attached hydrogen (secondary N) is 2. The lowest BCUT2D eigenvalue weighted by atomic mass is 9.87. The van der Waals surface area contributed by atoms with E-state index in [1.807, 2.05) is 13.0 Å². The zero-order chi connectivity index (χ0) is 28.3. The molecule has 0 radical (unpaired) electrons. The van der Waals surface area contributed by atoms with E-state index < -0.39 is 17.6 Å². The molecule has 3 fully saturated rings. The standard InChI is InChI=1S/C30H45FN6O3/c1-3-4-26(28(39)33-21-38)37-25-6-5-23(19-27(25)34(2)29(37)40)22-7-17-36(18-8-22)24-9-15-35(16-10-24)20-30(31)11-13-32-14-12-30/h5-6,19,21-22,24,26,32H,3-4,7-18,20H2,1-2H3,(H,33,38,39). The predicted molar refractivity (Wildman–Crippen MR) is 154 cm³/mol. The molecule has 2 amide bonds. The number of nitrogens with zero attached hydrogens (tertiary/aromatic N) is 4. The van der Waals surface area contributed by atoms with E-state index in [1.165, 1.54) is 10.1 Å². The molecule has 1 aromatic heterocycles. The minimum Gasteiger partial charge on any atom is -0.316 e. The molecule has 2 aromatic rings. The van der Waals surface area contributed by atoms with E-state index >= 15 is 4.39 Å². The number of piperidine rings is 3. The van der Waals surface area contributed by atoms with E-state index in [9.17, 15) is 14.4 Å². The van der Waals surface area contributed by atoms with Gasteiger partial charge in [-0.3, -0.25) is 24.0 Å². The number of imidazole rings is 1. The van der Waals surface area contributed by atoms with Crippen molar-refractivity contribution in [1.82, 2.24) is 29.6 Å². The second-order valence-corrected chi connectivity index (χ2v) is 12.1. The van der Waals surface area contributed by atoms with Crippen molar-refractivity contribution in [3.05, 3.63) is 34.2 Å². The van der Waals surface area contributed by atoms with Gasteiger partial charge in [-0.2, -0.15) is 0 Å². The largest absolute Gasteiger partial charge is 0.329 e. The molecule has 3 aliphatic rings. The van der Waals surface area contributed by atoms with Gasteiger partial charge in [0.1, 0.15) is 11.7 Å². The first-order valence-electron chi connectivity index (χ1n) is 15.1. The highest BCUT2D eigenvalue weighted by molar-refractivity contribution is 5.90. The maximum absolute atomic E-state index is 15.2. The van der Waals surface area contributed by atoms with E-state index in [1.54, 1.807) is 11.6 Å². The number of hydrogen-bond donors (Lipinski definition) is 2. The van der Waals surface area contributed by atoms with Crippen LogP contribution in [0.2, 0.25) is 0 Å². The Bertz CT molecular complexity index is 1240. The number of benzene rings is 1. The second kappa shape index (κ2) is 12.5. The van der Waals surface area contributed by atoms with E-state index in [2.05, 4.69) is 32.6 Å². The van der Waals surface area contributed by atoms with Crippen molar-refractivity contribution in [2.24, 2.45) is 7.05 Å². The van der Waals surface area contributed by atoms with Gasteiger partial charge in [-0.1, -0.05) is 19.4 Å². The number of likely N-dealkylation sites (tertiary alicyclic amines) is 2. The fourth-order valence-electron chi connectivity index (χ4n) is 7.22. The van der Waals surface area contributed by atoms with Crippen LogP contribution in [0.4, 0.5) is 4.39 Å². The molecular weight excluding hydrogens is 511 g/mol. The number of halogens is 1. The number of aromatic nitrogens is 2. The number of aryl methyl sites for hydroxylation is 1. The summed E-state index contributed by atoms with van der Waals surface area (Å²) in [4.78, 5) is 41.7. The number of rotatable bonds is 9. The summed E-state index contributed by atoms with van der Waals surface area (Å²) in [6.45, 7) is 8.18. The summed E-state index contributed by atoms with van der Waals surface area (Å²) in [5.41, 5.74) is 1.50. The average molecular weight is 557 g/mol. The molecule has 1 atom stereocenters. The molecule has 0 saturated carbocycles. The van der Waals surface area contributed by atoms with Crippen molar-refractivity contribution in [3.63, 3.8) is 0 Å². The van der Waals surface area contributed by atoms with E-state index in [4.69, 9.17) is 0 Å². The van der Waals surface area contributed by atoms with Gasteiger partial charge in [0.2, 0.25) is 12.3 Å². The zero-order valence-corrected chi connectivity index (χ0v) is 24.0. The highest BCUT2D eigenvalue weighted by Crippen LogP contribution is 2.33. The first-order valence-corrected chi connectivity index (χ1v) is 15.1. The van der Waals surface area contributed by atoms with Crippen LogP contribution < -0.4 is 16.3 Å². The lowest BCUT2D eigenvalue weighted by molar-refractivity contribution is -0.128. The predicted octanol–water partition coefficient (Wildman–Crippen LogP) is 2.69. The molecule has 220 valence electrons. The number of carbonyl (C=O) groups excluding carboxylic acids is 2. The minimum absolute atomic E-state index is 0.244. The number of alkyl halides is 1. The van der Waals surface area contributed by atoms with E-state index in [0.29, 0.717) is 50.6 Å². The Labute approximate surface area is 236 Å². The molecule has 5 rings (SSSR count). The van der Waals surface area contributed by atoms with Crippen molar-refractivity contribution in [2.45, 2.75) is 82.0 Å². The third-order valence-electron chi connectivity index (χ3n) is 9.57. The Hall–Kier alpha value is -2.56. The molecule has 10 heteroatoms. The highest BCUT2D eigenvalue weighted by atomic mass is 19.1. The van der Waals surface area contributed by atoms with Gasteiger partial charge in [-0.05, 0) is 108 Å². The van der Waals surface area contributed by atoms with Crippen LogP contribution in [-0.2, 0) is 16.6 Å². The van der Waals surface area contributed by atoms with Gasteiger partial charge in [-0.25, -0.2) is 9.18 Å². The average Bonchev–Trinajstić information content (AvgIpc) is 3.21. The fourth-order valence-corrected chi connectivity index (χ4v) is 7.22. The van der Waals surface area contributed by atoms with Crippen LogP contribution in [0.5, 0.6) is 0 Å². The molecule has 0 aliphatic carbocycles. The van der Waals surface area contributed by atoms with Crippen LogP contribution in [-0.4, -0.2) is 88.8 Å². The molecule has 9 nitrogen and oxygen atoms in total. The van der Waals surface area contributed by atoms with E-state index in [-0.39, 0.29) is 5.69 Å². The Kier molecular flexibility index (Phi) is 9.07. The number of imide groups is 1. The normalized spacial score (nSPS) is 22.4. The molecule has 1 aromatic carbocycles. The summed E-state index contributed by atoms with van der Waals surface area (Å²) in [6, 6.07) is 6.03. The first kappa shape index (κ1) is 29.0. The molecular formula is C30H45FN6O3. The number of carbonyl (C=O) groups is 2. The quantitative estimate of drug-likeness (QED) is 0.462. The van der Waals surface area contributed by atoms with Gasteiger partial charge in [-0.15, -0.1) is 0 Å². The van der Waals surface area contributed by atoms with Gasteiger partial charge in [0.25, 0.3) is 0 Å². The summed E-state index contributed by atoms with van der Waals surface area (Å²) in [7, 11) is 1.75. The third-order valence-corrected chi connectivity index (χ3v) is 9.57. The van der Waals surface area contributed by atoms with Crippen LogP contribution in [0.15, 0.2) is 23.0 Å². The van der Waals surface area contributed by atoms with Crippen LogP contribution in [0.25, 0.3) is 11.0 Å². The summed E-state index contributed by atoms with van der Waals surface area (Å²) in [6.07, 6.45) is 7.17. The van der Waals surface area contributed by atoms with Crippen LogP contribution in [0.3, 0.4) is 0 Å². The SMILES string of the molecule is CCCC(C(=O)NC=O)n1c(=O)n(C)c2cc(C3CCN(C4CCN(CC5(F)CCNCC5)CC4)CC3)ccc21. The molecule has 2 N–H and O–H groups in total. The van der Waals surface area contributed by atoms with Gasteiger partial charge in [0, 0.05) is 19.6 Å². The van der Waals surface area contributed by atoms with Gasteiger partial charge >= 0.3 is 5.69 Å². The third kappa shape index (κ3) is 6.04. The number of fused-ring (bicyclic) bond motifs is 1. The molecule has 0 bridgehead atoms. The molecule has 4 heterocycles. The maximum atomic E-state index is 15.2. The monoisotopic (exact) mass is 556 g/mol. The van der Waals surface area contributed by atoms with Crippen LogP contribution in [0, 0.1) is 0 Å². The summed E-state index contributed by atoms with van der Waals surface area (Å²) >= 11 is 0. The Balaban J connectivity index is 1.20. The second-order valence-electron chi connectivity index (χ2n) is 12.1. The van der Waals surface area contributed by atoms with E-state index in [0.717, 1.165) is 76.0 Å². The molecule has 0 spiro atoms. The topological polar surface area (TPSA) is 91.6 Å². The highest BCUT2D eigenvalue weighted by Gasteiger charge is 2.36. The van der Waals surface area contributed by atoms with Crippen LogP contribution in [0.1, 0.15) is 75.8 Å². The zero-order valence-electron chi connectivity index (χ0n) is 24.0. The van der Waals surface area contributed by atoms with Crippen LogP contribution >= 0.6 is 0 Å². The van der Waals surface area contributed by atoms with Gasteiger partial charge < -0.3 is 15.1 Å². The smallest absolute Gasteiger partial charge is 0.316 e. The molecule has 3 saturated heterocycles. The summed E-state index contributed by atoms with van der Waals surface area (Å²) < 4.78 is 18.3. The minimum atomic E-state index is -1.03. The number of hydrogen-bond acceptors (Lipinski definition) is 6. The fraction of sp³-hybridized carbons (Fsp3) is 0.700. The Morgan fingerprint density at radius 1 is 1.12 bits per heavy atom. The maximum Gasteiger partial charge on any atom is 0.329 e. The van der Waals surface area contributed by atoms with Crippen molar-refractivity contribution in [2.75, 3.05) is 45.8 Å². The van der Waals surface area contributed by atoms with Gasteiger partial charge in [0.05, 0.1) is 11.0 Å². The molecule has 40 heavy (non-hydrogen) atoms. The Morgan fingerprint density at radius 3 is 2.48 bits per heavy atom. The van der Waals surface area contributed by atoms with Crippen molar-refractivity contribution >= 4 is 23.4 Å². The van der Waals surface area contributed by atoms with Gasteiger partial charge in [0.15, 0.2) is 0 Å². The Morgan fingerprint density at radius 2 is 1.82 bits per heavy atom. The van der Waals surface area contributed by atoms with Crippen molar-refractivity contribution in [1.29, 1.82) is 0 Å².